The van der Waals surface area contributed by atoms with Crippen LogP contribution in [0.2, 0.25) is 0 Å². The van der Waals surface area contributed by atoms with E-state index in [0.29, 0.717) is 30.8 Å². The summed E-state index contributed by atoms with van der Waals surface area (Å²) in [6.45, 7) is 31.1. The van der Waals surface area contributed by atoms with E-state index in [2.05, 4.69) is 58.3 Å². The van der Waals surface area contributed by atoms with E-state index in [9.17, 15) is 19.2 Å². The van der Waals surface area contributed by atoms with Crippen LogP contribution in [0.25, 0.3) is 0 Å². The molecule has 3 fully saturated rings. The number of carbonyl (C=O) groups excluding carboxylic acids is 4. The van der Waals surface area contributed by atoms with Gasteiger partial charge in [-0.3, -0.25) is 9.59 Å². The second kappa shape index (κ2) is 24.7. The summed E-state index contributed by atoms with van der Waals surface area (Å²) >= 11 is 0. The lowest BCUT2D eigenvalue weighted by atomic mass is 9.47. The van der Waals surface area contributed by atoms with E-state index in [1.807, 2.05) is 60.3 Å². The van der Waals surface area contributed by atoms with Crippen LogP contribution in [-0.2, 0) is 23.8 Å². The van der Waals surface area contributed by atoms with Gasteiger partial charge in [0.15, 0.2) is 0 Å². The molecule has 380 valence electrons. The van der Waals surface area contributed by atoms with Crippen molar-refractivity contribution in [1.29, 1.82) is 0 Å². The molecule has 2 N–H and O–H groups in total. The molecular formula is C56H99N3O7. The summed E-state index contributed by atoms with van der Waals surface area (Å²) in [7, 11) is 0. The van der Waals surface area contributed by atoms with Gasteiger partial charge in [0, 0.05) is 38.0 Å². The fourth-order valence-corrected chi connectivity index (χ4v) is 13.2. The van der Waals surface area contributed by atoms with Crippen molar-refractivity contribution in [1.82, 2.24) is 15.5 Å². The molecule has 0 aliphatic heterocycles. The molecule has 0 aromatic rings. The minimum Gasteiger partial charge on any atom is -0.462 e. The van der Waals surface area contributed by atoms with Gasteiger partial charge in [-0.15, -0.1) is 0 Å². The summed E-state index contributed by atoms with van der Waals surface area (Å²) in [6.07, 6.45) is 21.6. The lowest BCUT2D eigenvalue weighted by Gasteiger charge is -2.58. The molecule has 3 amide bonds. The number of fused-ring (bicyclic) bond motifs is 5. The van der Waals surface area contributed by atoms with Gasteiger partial charge >= 0.3 is 18.2 Å². The molecule has 3 saturated carbocycles. The highest BCUT2D eigenvalue weighted by Gasteiger charge is 2.59. The van der Waals surface area contributed by atoms with Gasteiger partial charge in [-0.25, -0.2) is 9.59 Å². The average Bonchev–Trinajstić information content (AvgIpc) is 3.56. The first-order chi connectivity index (χ1) is 30.8. The number of allylic oxidation sites excluding steroid dienone is 1. The summed E-state index contributed by atoms with van der Waals surface area (Å²) in [6, 6.07) is -0.153. The Kier molecular flexibility index (Phi) is 20.9. The van der Waals surface area contributed by atoms with Crippen molar-refractivity contribution >= 4 is 24.1 Å². The van der Waals surface area contributed by atoms with Gasteiger partial charge in [0.05, 0.1) is 6.42 Å². The fraction of sp³-hybridized carbons (Fsp3) is 0.893. The van der Waals surface area contributed by atoms with Crippen LogP contribution in [0.15, 0.2) is 11.6 Å². The Morgan fingerprint density at radius 1 is 0.727 bits per heavy atom. The molecule has 0 heterocycles. The third kappa shape index (κ3) is 16.4. The number of alkyl carbamates (subject to hydrolysis) is 2. The highest BCUT2D eigenvalue weighted by Crippen LogP contribution is 2.67. The Labute approximate surface area is 403 Å². The first-order valence-corrected chi connectivity index (χ1v) is 27.0. The molecule has 66 heavy (non-hydrogen) atoms. The molecule has 10 heteroatoms. The summed E-state index contributed by atoms with van der Waals surface area (Å²) in [5, 5.41) is 5.82. The van der Waals surface area contributed by atoms with Gasteiger partial charge in [-0.1, -0.05) is 91.7 Å². The quantitative estimate of drug-likeness (QED) is 0.0453. The molecule has 0 spiro atoms. The number of hydrogen-bond donors (Lipinski definition) is 2. The summed E-state index contributed by atoms with van der Waals surface area (Å²) in [4.78, 5) is 53.6. The molecule has 4 aliphatic carbocycles. The maximum Gasteiger partial charge on any atom is 0.407 e. The topological polar surface area (TPSA) is 123 Å². The zero-order valence-corrected chi connectivity index (χ0v) is 44.7. The van der Waals surface area contributed by atoms with Gasteiger partial charge in [0.2, 0.25) is 5.91 Å². The average molecular weight is 926 g/mol. The van der Waals surface area contributed by atoms with Crippen LogP contribution in [0.3, 0.4) is 0 Å². The van der Waals surface area contributed by atoms with Gasteiger partial charge in [-0.2, -0.15) is 0 Å². The third-order valence-electron chi connectivity index (χ3n) is 16.9. The lowest BCUT2D eigenvalue weighted by molar-refractivity contribution is -0.153. The molecule has 0 saturated heterocycles. The maximum atomic E-state index is 13.7. The second-order valence-corrected chi connectivity index (χ2v) is 24.6. The Hall–Kier alpha value is -2.78. The van der Waals surface area contributed by atoms with E-state index in [1.54, 1.807) is 0 Å². The molecule has 0 radical (unpaired) electrons. The van der Waals surface area contributed by atoms with Crippen molar-refractivity contribution in [2.75, 3.05) is 13.1 Å². The smallest absolute Gasteiger partial charge is 0.407 e. The number of nitrogens with one attached hydrogen (secondary N) is 2. The molecule has 0 aromatic heterocycles. The number of hydrogen-bond acceptors (Lipinski definition) is 7. The number of ether oxygens (including phenoxy) is 3. The van der Waals surface area contributed by atoms with Crippen molar-refractivity contribution in [3.63, 3.8) is 0 Å². The lowest BCUT2D eigenvalue weighted by Crippen LogP contribution is -2.51. The zero-order chi connectivity index (χ0) is 49.0. The third-order valence-corrected chi connectivity index (χ3v) is 16.9. The van der Waals surface area contributed by atoms with E-state index < -0.39 is 17.3 Å². The molecule has 0 bridgehead atoms. The monoisotopic (exact) mass is 926 g/mol. The predicted molar refractivity (Wildman–Crippen MR) is 268 cm³/mol. The van der Waals surface area contributed by atoms with Crippen LogP contribution >= 0.6 is 0 Å². The molecule has 4 rings (SSSR count). The molecule has 11 atom stereocenters. The van der Waals surface area contributed by atoms with Crippen LogP contribution in [0.4, 0.5) is 9.59 Å². The number of amides is 3. The highest BCUT2D eigenvalue weighted by atomic mass is 16.6. The zero-order valence-electron chi connectivity index (χ0n) is 44.7. The van der Waals surface area contributed by atoms with Crippen molar-refractivity contribution < 1.29 is 33.4 Å². The van der Waals surface area contributed by atoms with Crippen LogP contribution in [0, 0.1) is 52.3 Å². The largest absolute Gasteiger partial charge is 0.462 e. The first-order valence-electron chi connectivity index (χ1n) is 27.0. The van der Waals surface area contributed by atoms with Crippen LogP contribution in [0.1, 0.15) is 225 Å². The fourth-order valence-electron chi connectivity index (χ4n) is 13.2. The maximum absolute atomic E-state index is 13.7. The van der Waals surface area contributed by atoms with Gasteiger partial charge < -0.3 is 29.7 Å². The molecule has 4 aliphatic rings. The van der Waals surface area contributed by atoms with E-state index in [0.717, 1.165) is 93.3 Å². The van der Waals surface area contributed by atoms with E-state index in [1.165, 1.54) is 56.9 Å². The van der Waals surface area contributed by atoms with Crippen molar-refractivity contribution in [2.24, 2.45) is 52.3 Å². The van der Waals surface area contributed by atoms with Gasteiger partial charge in [0.1, 0.15) is 17.3 Å². The predicted octanol–water partition coefficient (Wildman–Crippen LogP) is 13.7. The normalized spacial score (nSPS) is 28.1. The minimum absolute atomic E-state index is 0.0345. The van der Waals surface area contributed by atoms with Crippen molar-refractivity contribution in [3.8, 4) is 0 Å². The van der Waals surface area contributed by atoms with Crippen LogP contribution < -0.4 is 10.6 Å². The summed E-state index contributed by atoms with van der Waals surface area (Å²) in [5.41, 5.74) is 1.05. The van der Waals surface area contributed by atoms with Gasteiger partial charge in [0.25, 0.3) is 0 Å². The number of esters is 1. The van der Waals surface area contributed by atoms with Crippen molar-refractivity contribution in [3.05, 3.63) is 11.6 Å². The number of rotatable bonds is 23. The highest BCUT2D eigenvalue weighted by molar-refractivity contribution is 5.81. The standard InChI is InChI=1S/C56H99N3O7/c1-15-42(38(2)3)23-22-39(4)46-26-27-47-45-25-24-43-37-44(30-33-55(43,13)48(45)31-34-56(46,47)14)64-50(61)29-28-49(60)59(36-32-41(6)58-52(63)66-54(10,11)12)35-20-18-16-17-19-21-40(5)57-51(62)65-53(7,8)9/h24,38-42,44-48H,15-23,25-37H2,1-14H3,(H,57,62)(H,58,63)/t39?,40?,41?,42?,44-,45-,46+,47-,48-,55-,56+/m0/s1. The Morgan fingerprint density at radius 3 is 1.97 bits per heavy atom. The first kappa shape index (κ1) is 55.8. The van der Waals surface area contributed by atoms with Gasteiger partial charge in [-0.05, 0) is 178 Å². The molecule has 0 aromatic carbocycles. The van der Waals surface area contributed by atoms with Crippen LogP contribution in [-0.4, -0.2) is 71.4 Å². The number of carbonyl (C=O) groups is 4. The van der Waals surface area contributed by atoms with E-state index in [-0.39, 0.29) is 54.4 Å². The molecule has 4 unspecified atom stereocenters. The van der Waals surface area contributed by atoms with Crippen LogP contribution in [0.5, 0.6) is 0 Å². The second-order valence-electron chi connectivity index (χ2n) is 24.6. The molecular weight excluding hydrogens is 827 g/mol. The molecule has 10 nitrogen and oxygen atoms in total. The Balaban J connectivity index is 1.26. The number of nitrogens with zero attached hydrogens (tertiary/aromatic N) is 1. The van der Waals surface area contributed by atoms with E-state index >= 15 is 0 Å². The summed E-state index contributed by atoms with van der Waals surface area (Å²) < 4.78 is 17.0. The van der Waals surface area contributed by atoms with Crippen molar-refractivity contribution in [2.45, 2.75) is 255 Å². The minimum atomic E-state index is -0.595. The Morgan fingerprint density at radius 2 is 1.35 bits per heavy atom. The van der Waals surface area contributed by atoms with E-state index in [4.69, 9.17) is 14.2 Å². The SMILES string of the molecule is CCC(CCC(C)[C@H]1CC[C@H]2[C@@H]3CC=C4C[C@@H](OC(=O)CCC(=O)N(CCCCCCCC(C)NC(=O)OC(C)(C)C)CCC(C)NC(=O)OC(C)(C)C)CC[C@]4(C)[C@H]3CC[C@]12C)C(C)C. The Bertz CT molecular complexity index is 1600. The summed E-state index contributed by atoms with van der Waals surface area (Å²) in [5.74, 6) is 5.24. The number of unbranched alkanes of at least 4 members (excludes halogenated alkanes) is 4.